The second-order valence-electron chi connectivity index (χ2n) is 13.0. The standard InChI is InChI=1S/C46H26N8/c1-48-33-10-6-9-29(23-33)36-27-43(53-39-13-4-2-11-34(39)37-24-30(15-17-41(37)53)45-49-19-7-20-50-45)32(28-47)26-44(36)54-40-14-5-3-12-35(40)38-25-31(16-18-42(38)54)46-51-21-8-22-52-46/h2-27H. The molecule has 0 radical (unpaired) electrons. The van der Waals surface area contributed by atoms with Crippen LogP contribution >= 0.6 is 0 Å². The van der Waals surface area contributed by atoms with Crippen LogP contribution in [0.15, 0.2) is 158 Å². The number of nitrogens with zero attached hydrogens (tertiary/aromatic N) is 8. The minimum absolute atomic E-state index is 0.508. The van der Waals surface area contributed by atoms with Crippen LogP contribution in [0.25, 0.3) is 93.7 Å². The highest BCUT2D eigenvalue weighted by molar-refractivity contribution is 6.12. The Hall–Kier alpha value is -7.94. The molecule has 0 spiro atoms. The van der Waals surface area contributed by atoms with Crippen LogP contribution in [0.5, 0.6) is 0 Å². The summed E-state index contributed by atoms with van der Waals surface area (Å²) in [5, 5.41) is 15.2. The molecule has 54 heavy (non-hydrogen) atoms. The van der Waals surface area contributed by atoms with E-state index in [1.54, 1.807) is 24.8 Å². The molecule has 0 aliphatic rings. The van der Waals surface area contributed by atoms with Crippen LogP contribution in [0.2, 0.25) is 0 Å². The summed E-state index contributed by atoms with van der Waals surface area (Å²) in [4.78, 5) is 21.8. The lowest BCUT2D eigenvalue weighted by Crippen LogP contribution is -2.04. The van der Waals surface area contributed by atoms with Gasteiger partial charge in [-0.2, -0.15) is 5.26 Å². The van der Waals surface area contributed by atoms with E-state index < -0.39 is 0 Å². The average molecular weight is 691 g/mol. The molecule has 0 atom stereocenters. The van der Waals surface area contributed by atoms with E-state index in [-0.39, 0.29) is 0 Å². The maximum Gasteiger partial charge on any atom is 0.187 e. The number of benzene rings is 6. The van der Waals surface area contributed by atoms with Crippen molar-refractivity contribution in [1.29, 1.82) is 5.26 Å². The Labute approximate surface area is 309 Å². The van der Waals surface area contributed by atoms with Gasteiger partial charge in [0.05, 0.1) is 45.6 Å². The van der Waals surface area contributed by atoms with Crippen LogP contribution in [-0.4, -0.2) is 29.1 Å². The molecule has 0 saturated carbocycles. The maximum atomic E-state index is 11.0. The smallest absolute Gasteiger partial charge is 0.187 e. The van der Waals surface area contributed by atoms with Crippen molar-refractivity contribution < 1.29 is 0 Å². The summed E-state index contributed by atoms with van der Waals surface area (Å²) < 4.78 is 4.39. The first-order chi connectivity index (χ1) is 26.7. The van der Waals surface area contributed by atoms with E-state index in [9.17, 15) is 5.26 Å². The summed E-state index contributed by atoms with van der Waals surface area (Å²) in [5.74, 6) is 1.30. The summed E-state index contributed by atoms with van der Waals surface area (Å²) in [7, 11) is 0. The van der Waals surface area contributed by atoms with Gasteiger partial charge in [-0.15, -0.1) is 0 Å². The average Bonchev–Trinajstić information content (AvgIpc) is 3.76. The fourth-order valence-corrected chi connectivity index (χ4v) is 7.65. The zero-order valence-corrected chi connectivity index (χ0v) is 28.6. The fourth-order valence-electron chi connectivity index (χ4n) is 7.65. The molecule has 4 aromatic heterocycles. The second-order valence-corrected chi connectivity index (χ2v) is 13.0. The predicted molar refractivity (Wildman–Crippen MR) is 214 cm³/mol. The van der Waals surface area contributed by atoms with Crippen molar-refractivity contribution in [2.45, 2.75) is 0 Å². The number of hydrogen-bond donors (Lipinski definition) is 0. The van der Waals surface area contributed by atoms with Crippen LogP contribution in [0.4, 0.5) is 5.69 Å². The molecule has 8 heteroatoms. The van der Waals surface area contributed by atoms with Gasteiger partial charge in [-0.1, -0.05) is 54.6 Å². The van der Waals surface area contributed by atoms with Gasteiger partial charge in [-0.3, -0.25) is 0 Å². The molecule has 250 valence electrons. The van der Waals surface area contributed by atoms with Crippen molar-refractivity contribution in [3.8, 4) is 51.3 Å². The van der Waals surface area contributed by atoms with Crippen LogP contribution < -0.4 is 0 Å². The molecule has 0 aliphatic carbocycles. The van der Waals surface area contributed by atoms with Crippen molar-refractivity contribution in [3.63, 3.8) is 0 Å². The topological polar surface area (TPSA) is 89.6 Å². The zero-order valence-electron chi connectivity index (χ0n) is 28.6. The number of fused-ring (bicyclic) bond motifs is 6. The normalized spacial score (nSPS) is 11.3. The summed E-state index contributed by atoms with van der Waals surface area (Å²) in [5.41, 5.74) is 10.1. The largest absolute Gasteiger partial charge is 0.309 e. The van der Waals surface area contributed by atoms with Crippen LogP contribution in [0.3, 0.4) is 0 Å². The number of rotatable bonds is 5. The highest BCUT2D eigenvalue weighted by atomic mass is 15.0. The van der Waals surface area contributed by atoms with Gasteiger partial charge in [0.2, 0.25) is 0 Å². The third-order valence-corrected chi connectivity index (χ3v) is 10.00. The molecular formula is C46H26N8. The lowest BCUT2D eigenvalue weighted by molar-refractivity contribution is 1.13. The molecule has 10 rings (SSSR count). The summed E-state index contributed by atoms with van der Waals surface area (Å²) >= 11 is 0. The van der Waals surface area contributed by atoms with Gasteiger partial charge in [0.15, 0.2) is 17.3 Å². The Morgan fingerprint density at radius 2 is 1.02 bits per heavy atom. The van der Waals surface area contributed by atoms with E-state index in [1.807, 2.05) is 78.9 Å². The van der Waals surface area contributed by atoms with Gasteiger partial charge in [0, 0.05) is 63.0 Å². The first-order valence-corrected chi connectivity index (χ1v) is 17.4. The van der Waals surface area contributed by atoms with E-state index >= 15 is 0 Å². The minimum atomic E-state index is 0.508. The first kappa shape index (κ1) is 30.8. The maximum absolute atomic E-state index is 11.0. The lowest BCUT2D eigenvalue weighted by atomic mass is 9.98. The monoisotopic (exact) mass is 690 g/mol. The molecule has 0 amide bonds. The van der Waals surface area contributed by atoms with Gasteiger partial charge >= 0.3 is 0 Å². The molecule has 0 N–H and O–H groups in total. The van der Waals surface area contributed by atoms with Gasteiger partial charge in [0.1, 0.15) is 6.07 Å². The minimum Gasteiger partial charge on any atom is -0.309 e. The number of nitriles is 1. The van der Waals surface area contributed by atoms with E-state index in [4.69, 9.17) is 6.57 Å². The van der Waals surface area contributed by atoms with E-state index in [2.05, 4.69) is 94.6 Å². The summed E-state index contributed by atoms with van der Waals surface area (Å²) in [6.07, 6.45) is 6.99. The predicted octanol–water partition coefficient (Wildman–Crippen LogP) is 10.9. The first-order valence-electron chi connectivity index (χ1n) is 17.4. The lowest BCUT2D eigenvalue weighted by Gasteiger charge is -2.19. The van der Waals surface area contributed by atoms with E-state index in [0.29, 0.717) is 22.9 Å². The van der Waals surface area contributed by atoms with Gasteiger partial charge in [-0.25, -0.2) is 24.8 Å². The van der Waals surface area contributed by atoms with E-state index in [1.165, 1.54) is 0 Å². The number of para-hydroxylation sites is 2. The third kappa shape index (κ3) is 4.83. The quantitative estimate of drug-likeness (QED) is 0.168. The molecule has 0 saturated heterocycles. The SMILES string of the molecule is [C-]#[N+]c1cccc(-c2cc(-n3c4ccccc4c4cc(-c5ncccn5)ccc43)c(C#N)cc2-n2c3ccccc3c3cc(-c4ncccn4)ccc32)c1. The molecule has 0 unspecified atom stereocenters. The molecule has 6 aromatic carbocycles. The summed E-state index contributed by atoms with van der Waals surface area (Å²) in [6, 6.07) is 47.0. The molecule has 0 aliphatic heterocycles. The Bertz CT molecular complexity index is 3180. The van der Waals surface area contributed by atoms with Gasteiger partial charge < -0.3 is 9.13 Å². The third-order valence-electron chi connectivity index (χ3n) is 10.00. The van der Waals surface area contributed by atoms with Gasteiger partial charge in [-0.05, 0) is 84.4 Å². The Kier molecular flexibility index (Phi) is 7.07. The van der Waals surface area contributed by atoms with Crippen LogP contribution in [0, 0.1) is 17.9 Å². The van der Waals surface area contributed by atoms with Crippen molar-refractivity contribution in [1.82, 2.24) is 29.1 Å². The zero-order chi connectivity index (χ0) is 36.2. The summed E-state index contributed by atoms with van der Waals surface area (Å²) in [6.45, 7) is 7.84. The molecule has 0 fully saturated rings. The highest BCUT2D eigenvalue weighted by Crippen LogP contribution is 2.42. The molecule has 4 heterocycles. The molecule has 0 bridgehead atoms. The number of aromatic nitrogens is 6. The Morgan fingerprint density at radius 1 is 0.481 bits per heavy atom. The fraction of sp³-hybridized carbons (Fsp3) is 0. The molecule has 8 nitrogen and oxygen atoms in total. The Morgan fingerprint density at radius 3 is 1.57 bits per heavy atom. The Balaban J connectivity index is 1.28. The van der Waals surface area contributed by atoms with E-state index in [0.717, 1.165) is 77.2 Å². The van der Waals surface area contributed by atoms with Crippen molar-refractivity contribution in [3.05, 3.63) is 175 Å². The highest BCUT2D eigenvalue weighted by Gasteiger charge is 2.22. The van der Waals surface area contributed by atoms with Gasteiger partial charge in [0.25, 0.3) is 0 Å². The second kappa shape index (κ2) is 12.4. The van der Waals surface area contributed by atoms with Crippen molar-refractivity contribution in [2.75, 3.05) is 0 Å². The number of hydrogen-bond acceptors (Lipinski definition) is 5. The van der Waals surface area contributed by atoms with Crippen molar-refractivity contribution >= 4 is 49.3 Å². The van der Waals surface area contributed by atoms with Crippen molar-refractivity contribution in [2.24, 2.45) is 0 Å². The van der Waals surface area contributed by atoms with Crippen LogP contribution in [0.1, 0.15) is 5.56 Å². The molecular weight excluding hydrogens is 665 g/mol. The van der Waals surface area contributed by atoms with Crippen LogP contribution in [-0.2, 0) is 0 Å². The molecule has 10 aromatic rings.